The van der Waals surface area contributed by atoms with Gasteiger partial charge in [-0.3, -0.25) is 4.79 Å². The lowest BCUT2D eigenvalue weighted by molar-refractivity contribution is 0.0956. The molecule has 1 rings (SSSR count). The van der Waals surface area contributed by atoms with Gasteiger partial charge in [0.05, 0.1) is 12.3 Å². The quantitative estimate of drug-likeness (QED) is 0.774. The zero-order valence-electron chi connectivity index (χ0n) is 12.3. The van der Waals surface area contributed by atoms with Crippen LogP contribution in [0.1, 0.15) is 28.4 Å². The lowest BCUT2D eigenvalue weighted by Crippen LogP contribution is -2.29. The van der Waals surface area contributed by atoms with Crippen LogP contribution in [0.3, 0.4) is 0 Å². The lowest BCUT2D eigenvalue weighted by Gasteiger charge is -2.07. The van der Waals surface area contributed by atoms with E-state index < -0.39 is 9.84 Å². The predicted molar refractivity (Wildman–Crippen MR) is 83.8 cm³/mol. The topological polar surface area (TPSA) is 89.3 Å². The molecule has 0 atom stereocenters. The number of carbonyl (C=O) groups is 1. The third-order valence-corrected chi connectivity index (χ3v) is 4.52. The summed E-state index contributed by atoms with van der Waals surface area (Å²) >= 11 is 0. The molecule has 3 N–H and O–H groups in total. The second-order valence-electron chi connectivity index (χ2n) is 4.59. The Labute approximate surface area is 125 Å². The highest BCUT2D eigenvalue weighted by Gasteiger charge is 2.10. The molecule has 1 aromatic rings. The van der Waals surface area contributed by atoms with Crippen LogP contribution in [0.4, 0.5) is 0 Å². The van der Waals surface area contributed by atoms with Crippen LogP contribution in [0.15, 0.2) is 18.2 Å². The minimum atomic E-state index is -3.08. The average molecular weight is 308 g/mol. The van der Waals surface area contributed by atoms with Gasteiger partial charge in [0, 0.05) is 23.4 Å². The zero-order valence-corrected chi connectivity index (χ0v) is 13.1. The SMILES string of the molecule is CCS(=O)(=O)CCNC(=O)c1cc(C)cc(C#CCN)c1. The van der Waals surface area contributed by atoms with Crippen LogP contribution in [0, 0.1) is 18.8 Å². The molecule has 1 aromatic carbocycles. The van der Waals surface area contributed by atoms with E-state index in [1.54, 1.807) is 19.1 Å². The number of nitrogens with two attached hydrogens (primary N) is 1. The fourth-order valence-electron chi connectivity index (χ4n) is 1.71. The average Bonchev–Trinajstić information content (AvgIpc) is 2.44. The number of rotatable bonds is 5. The van der Waals surface area contributed by atoms with Gasteiger partial charge in [0.25, 0.3) is 5.91 Å². The van der Waals surface area contributed by atoms with E-state index in [4.69, 9.17) is 5.73 Å². The molecule has 0 fully saturated rings. The molecule has 0 aromatic heterocycles. The van der Waals surface area contributed by atoms with Crippen LogP contribution in [-0.4, -0.2) is 38.9 Å². The number of hydrogen-bond donors (Lipinski definition) is 2. The monoisotopic (exact) mass is 308 g/mol. The van der Waals surface area contributed by atoms with Crippen molar-refractivity contribution in [2.24, 2.45) is 5.73 Å². The van der Waals surface area contributed by atoms with Gasteiger partial charge in [-0.2, -0.15) is 0 Å². The van der Waals surface area contributed by atoms with E-state index in [0.717, 1.165) is 5.56 Å². The van der Waals surface area contributed by atoms with Gasteiger partial charge in [-0.1, -0.05) is 18.8 Å². The highest BCUT2D eigenvalue weighted by Crippen LogP contribution is 2.09. The zero-order chi connectivity index (χ0) is 15.9. The van der Waals surface area contributed by atoms with Gasteiger partial charge in [-0.05, 0) is 30.7 Å². The Morgan fingerprint density at radius 1 is 1.33 bits per heavy atom. The summed E-state index contributed by atoms with van der Waals surface area (Å²) in [6, 6.07) is 5.26. The van der Waals surface area contributed by atoms with E-state index in [2.05, 4.69) is 17.2 Å². The van der Waals surface area contributed by atoms with Crippen molar-refractivity contribution in [1.82, 2.24) is 5.32 Å². The number of benzene rings is 1. The van der Waals surface area contributed by atoms with Gasteiger partial charge in [0.15, 0.2) is 9.84 Å². The highest BCUT2D eigenvalue weighted by molar-refractivity contribution is 7.91. The number of sulfone groups is 1. The number of amides is 1. The van der Waals surface area contributed by atoms with Crippen molar-refractivity contribution in [3.05, 3.63) is 34.9 Å². The fraction of sp³-hybridized carbons (Fsp3) is 0.400. The van der Waals surface area contributed by atoms with Crippen molar-refractivity contribution in [3.63, 3.8) is 0 Å². The Morgan fingerprint density at radius 3 is 2.67 bits per heavy atom. The molecule has 1 amide bonds. The molecule has 21 heavy (non-hydrogen) atoms. The third kappa shape index (κ3) is 5.98. The van der Waals surface area contributed by atoms with Gasteiger partial charge < -0.3 is 11.1 Å². The predicted octanol–water partition coefficient (Wildman–Crippen LogP) is 0.470. The van der Waals surface area contributed by atoms with Crippen molar-refractivity contribution in [2.45, 2.75) is 13.8 Å². The largest absolute Gasteiger partial charge is 0.351 e. The molecule has 0 bridgehead atoms. The third-order valence-electron chi connectivity index (χ3n) is 2.81. The molecule has 0 spiro atoms. The first-order chi connectivity index (χ1) is 9.88. The number of nitrogens with one attached hydrogen (secondary N) is 1. The molecular weight excluding hydrogens is 288 g/mol. The van der Waals surface area contributed by atoms with Gasteiger partial charge in [-0.25, -0.2) is 8.42 Å². The summed E-state index contributed by atoms with van der Waals surface area (Å²) in [5.41, 5.74) is 7.41. The lowest BCUT2D eigenvalue weighted by atomic mass is 10.1. The molecule has 0 unspecified atom stereocenters. The molecule has 0 saturated heterocycles. The molecule has 0 aliphatic heterocycles. The molecule has 114 valence electrons. The Hall–Kier alpha value is -1.84. The molecule has 5 nitrogen and oxygen atoms in total. The van der Waals surface area contributed by atoms with Crippen LogP contribution < -0.4 is 11.1 Å². The van der Waals surface area contributed by atoms with E-state index in [1.807, 2.05) is 13.0 Å². The van der Waals surface area contributed by atoms with E-state index in [-0.39, 0.29) is 30.5 Å². The van der Waals surface area contributed by atoms with E-state index >= 15 is 0 Å². The summed E-state index contributed by atoms with van der Waals surface area (Å²) in [7, 11) is -3.08. The molecule has 0 radical (unpaired) electrons. The smallest absolute Gasteiger partial charge is 0.251 e. The number of hydrogen-bond acceptors (Lipinski definition) is 4. The van der Waals surface area contributed by atoms with Gasteiger partial charge in [-0.15, -0.1) is 0 Å². The Morgan fingerprint density at radius 2 is 2.05 bits per heavy atom. The standard InChI is InChI=1S/C15H20N2O3S/c1-3-21(19,20)8-7-17-15(18)14-10-12(2)9-13(11-14)5-4-6-16/h9-11H,3,6-8,16H2,1-2H3,(H,17,18). The Bertz CT molecular complexity index is 670. The van der Waals surface area contributed by atoms with Crippen molar-refractivity contribution >= 4 is 15.7 Å². The minimum absolute atomic E-state index is 0.0547. The van der Waals surface area contributed by atoms with Crippen molar-refractivity contribution in [1.29, 1.82) is 0 Å². The molecule has 0 aliphatic rings. The van der Waals surface area contributed by atoms with Crippen LogP contribution in [0.5, 0.6) is 0 Å². The van der Waals surface area contributed by atoms with Crippen LogP contribution in [0.2, 0.25) is 0 Å². The van der Waals surface area contributed by atoms with Crippen LogP contribution in [0.25, 0.3) is 0 Å². The second-order valence-corrected chi connectivity index (χ2v) is 7.06. The Kier molecular flexibility index (Phi) is 6.40. The summed E-state index contributed by atoms with van der Waals surface area (Å²) in [4.78, 5) is 12.0. The summed E-state index contributed by atoms with van der Waals surface area (Å²) in [5, 5.41) is 2.61. The first-order valence-corrected chi connectivity index (χ1v) is 8.49. The van der Waals surface area contributed by atoms with E-state index in [9.17, 15) is 13.2 Å². The van der Waals surface area contributed by atoms with Crippen LogP contribution >= 0.6 is 0 Å². The molecular formula is C15H20N2O3S. The van der Waals surface area contributed by atoms with Crippen LogP contribution in [-0.2, 0) is 9.84 Å². The second kappa shape index (κ2) is 7.81. The van der Waals surface area contributed by atoms with Gasteiger partial charge in [0.2, 0.25) is 0 Å². The maximum Gasteiger partial charge on any atom is 0.251 e. The van der Waals surface area contributed by atoms with Gasteiger partial charge >= 0.3 is 0 Å². The van der Waals surface area contributed by atoms with Gasteiger partial charge in [0.1, 0.15) is 0 Å². The maximum atomic E-state index is 12.0. The summed E-state index contributed by atoms with van der Waals surface area (Å²) < 4.78 is 22.7. The Balaban J connectivity index is 2.76. The summed E-state index contributed by atoms with van der Waals surface area (Å²) in [5.74, 6) is 5.33. The van der Waals surface area contributed by atoms with E-state index in [1.165, 1.54) is 0 Å². The number of carbonyl (C=O) groups excluding carboxylic acids is 1. The van der Waals surface area contributed by atoms with Crippen molar-refractivity contribution < 1.29 is 13.2 Å². The van der Waals surface area contributed by atoms with Crippen molar-refractivity contribution in [2.75, 3.05) is 24.6 Å². The summed E-state index contributed by atoms with van der Waals surface area (Å²) in [6.45, 7) is 3.81. The first kappa shape index (κ1) is 17.2. The minimum Gasteiger partial charge on any atom is -0.351 e. The normalized spacial score (nSPS) is 10.6. The molecule has 0 heterocycles. The van der Waals surface area contributed by atoms with E-state index in [0.29, 0.717) is 11.1 Å². The van der Waals surface area contributed by atoms with Crippen molar-refractivity contribution in [3.8, 4) is 11.8 Å². The molecule has 0 saturated carbocycles. The fourth-order valence-corrected chi connectivity index (χ4v) is 2.41. The number of aryl methyl sites for hydroxylation is 1. The maximum absolute atomic E-state index is 12.0. The highest BCUT2D eigenvalue weighted by atomic mass is 32.2. The molecule has 0 aliphatic carbocycles. The molecule has 6 heteroatoms. The first-order valence-electron chi connectivity index (χ1n) is 6.67. The summed E-state index contributed by atoms with van der Waals surface area (Å²) in [6.07, 6.45) is 0.